The topological polar surface area (TPSA) is 36.4 Å². The number of anilines is 1. The van der Waals surface area contributed by atoms with Gasteiger partial charge in [-0.05, 0) is 13.3 Å². The highest BCUT2D eigenvalue weighted by atomic mass is 32.1. The van der Waals surface area contributed by atoms with E-state index in [1.165, 1.54) is 0 Å². The number of aliphatic hydroxyl groups is 1. The maximum atomic E-state index is 9.30. The number of nitrogens with zero attached hydrogens (tertiary/aromatic N) is 2. The minimum absolute atomic E-state index is 0.158. The van der Waals surface area contributed by atoms with Gasteiger partial charge in [-0.2, -0.15) is 0 Å². The van der Waals surface area contributed by atoms with Crippen molar-refractivity contribution in [1.82, 2.24) is 4.98 Å². The highest BCUT2D eigenvalue weighted by molar-refractivity contribution is 7.13. The number of β-amino-alcohol motifs (C(OH)–C–C–N with tert-alkyl or cyclic N) is 1. The molecule has 1 fully saturated rings. The van der Waals surface area contributed by atoms with E-state index in [2.05, 4.69) is 9.88 Å². The fraction of sp³-hybridized carbons (Fsp3) is 0.625. The van der Waals surface area contributed by atoms with Crippen LogP contribution in [0.15, 0.2) is 5.38 Å². The SMILES string of the molecule is Cc1csc(N2CC[C@@H](O)C2)n1. The lowest BCUT2D eigenvalue weighted by molar-refractivity contribution is 0.198. The van der Waals surface area contributed by atoms with Gasteiger partial charge in [0, 0.05) is 18.5 Å². The monoisotopic (exact) mass is 184 g/mol. The Bertz CT molecular complexity index is 274. The lowest BCUT2D eigenvalue weighted by atomic mass is 10.3. The average molecular weight is 184 g/mol. The Kier molecular flexibility index (Phi) is 2.02. The summed E-state index contributed by atoms with van der Waals surface area (Å²) in [6, 6.07) is 0. The summed E-state index contributed by atoms with van der Waals surface area (Å²) in [6.07, 6.45) is 0.715. The highest BCUT2D eigenvalue weighted by Gasteiger charge is 2.21. The minimum Gasteiger partial charge on any atom is -0.391 e. The van der Waals surface area contributed by atoms with Crippen molar-refractivity contribution in [1.29, 1.82) is 0 Å². The van der Waals surface area contributed by atoms with E-state index in [1.54, 1.807) is 11.3 Å². The van der Waals surface area contributed by atoms with Gasteiger partial charge in [-0.15, -0.1) is 11.3 Å². The van der Waals surface area contributed by atoms with Gasteiger partial charge in [0.15, 0.2) is 5.13 Å². The predicted molar refractivity (Wildman–Crippen MR) is 49.7 cm³/mol. The van der Waals surface area contributed by atoms with E-state index >= 15 is 0 Å². The van der Waals surface area contributed by atoms with Crippen molar-refractivity contribution in [3.05, 3.63) is 11.1 Å². The van der Waals surface area contributed by atoms with Crippen molar-refractivity contribution in [3.63, 3.8) is 0 Å². The molecule has 1 aliphatic heterocycles. The first-order valence-electron chi connectivity index (χ1n) is 4.11. The van der Waals surface area contributed by atoms with E-state index in [4.69, 9.17) is 0 Å². The minimum atomic E-state index is -0.158. The first-order chi connectivity index (χ1) is 5.75. The quantitative estimate of drug-likeness (QED) is 0.708. The van der Waals surface area contributed by atoms with Gasteiger partial charge in [0.1, 0.15) is 0 Å². The van der Waals surface area contributed by atoms with E-state index in [-0.39, 0.29) is 6.10 Å². The molecule has 66 valence electrons. The van der Waals surface area contributed by atoms with Crippen LogP contribution in [0, 0.1) is 6.92 Å². The summed E-state index contributed by atoms with van der Waals surface area (Å²) in [5.41, 5.74) is 1.07. The number of aryl methyl sites for hydroxylation is 1. The smallest absolute Gasteiger partial charge is 0.185 e. The second-order valence-corrected chi connectivity index (χ2v) is 4.00. The van der Waals surface area contributed by atoms with Gasteiger partial charge in [-0.25, -0.2) is 4.98 Å². The fourth-order valence-corrected chi connectivity index (χ4v) is 2.24. The lowest BCUT2D eigenvalue weighted by Gasteiger charge is -2.12. The summed E-state index contributed by atoms with van der Waals surface area (Å²) in [4.78, 5) is 6.50. The van der Waals surface area contributed by atoms with Crippen LogP contribution in [0.5, 0.6) is 0 Å². The normalized spacial score (nSPS) is 23.5. The first-order valence-corrected chi connectivity index (χ1v) is 4.99. The zero-order chi connectivity index (χ0) is 8.55. The summed E-state index contributed by atoms with van der Waals surface area (Å²) >= 11 is 1.65. The molecule has 0 saturated carbocycles. The number of rotatable bonds is 1. The van der Waals surface area contributed by atoms with E-state index < -0.39 is 0 Å². The number of hydrogen-bond acceptors (Lipinski definition) is 4. The second kappa shape index (κ2) is 3.03. The molecule has 1 aliphatic rings. The molecule has 12 heavy (non-hydrogen) atoms. The molecular formula is C8H12N2OS. The zero-order valence-corrected chi connectivity index (χ0v) is 7.84. The molecule has 1 aromatic heterocycles. The first kappa shape index (κ1) is 8.01. The molecule has 2 heterocycles. The fourth-order valence-electron chi connectivity index (χ4n) is 1.40. The molecule has 0 aromatic carbocycles. The van der Waals surface area contributed by atoms with Gasteiger partial charge >= 0.3 is 0 Å². The molecule has 1 aromatic rings. The Labute approximate surface area is 75.7 Å². The second-order valence-electron chi connectivity index (χ2n) is 3.16. The van der Waals surface area contributed by atoms with Crippen LogP contribution < -0.4 is 4.90 Å². The summed E-state index contributed by atoms with van der Waals surface area (Å²) < 4.78 is 0. The van der Waals surface area contributed by atoms with Crippen LogP contribution in [0.25, 0.3) is 0 Å². The molecule has 0 radical (unpaired) electrons. The summed E-state index contributed by atoms with van der Waals surface area (Å²) in [5.74, 6) is 0. The molecule has 0 amide bonds. The third-order valence-corrected chi connectivity index (χ3v) is 3.06. The molecule has 1 atom stereocenters. The van der Waals surface area contributed by atoms with Gasteiger partial charge < -0.3 is 10.0 Å². The third kappa shape index (κ3) is 1.44. The van der Waals surface area contributed by atoms with E-state index in [0.29, 0.717) is 0 Å². The molecule has 1 saturated heterocycles. The van der Waals surface area contributed by atoms with Crippen molar-refractivity contribution in [2.45, 2.75) is 19.4 Å². The molecule has 2 rings (SSSR count). The Balaban J connectivity index is 2.11. The van der Waals surface area contributed by atoms with Crippen LogP contribution >= 0.6 is 11.3 Å². The highest BCUT2D eigenvalue weighted by Crippen LogP contribution is 2.23. The maximum absolute atomic E-state index is 9.30. The Morgan fingerprint density at radius 2 is 2.58 bits per heavy atom. The van der Waals surface area contributed by atoms with Crippen LogP contribution in [-0.2, 0) is 0 Å². The average Bonchev–Trinajstić information content (AvgIpc) is 2.58. The summed E-state index contributed by atoms with van der Waals surface area (Å²) in [5, 5.41) is 12.4. The molecular weight excluding hydrogens is 172 g/mol. The van der Waals surface area contributed by atoms with Crippen LogP contribution in [0.3, 0.4) is 0 Å². The molecule has 1 N–H and O–H groups in total. The van der Waals surface area contributed by atoms with Gasteiger partial charge in [0.25, 0.3) is 0 Å². The van der Waals surface area contributed by atoms with Crippen molar-refractivity contribution < 1.29 is 5.11 Å². The van der Waals surface area contributed by atoms with Gasteiger partial charge in [0.2, 0.25) is 0 Å². The number of thiazole rings is 1. The van der Waals surface area contributed by atoms with Crippen molar-refractivity contribution in [3.8, 4) is 0 Å². The summed E-state index contributed by atoms with van der Waals surface area (Å²) in [6.45, 7) is 3.67. The molecule has 0 bridgehead atoms. The van der Waals surface area contributed by atoms with Crippen LogP contribution in [0.1, 0.15) is 12.1 Å². The molecule has 0 aliphatic carbocycles. The summed E-state index contributed by atoms with van der Waals surface area (Å²) in [7, 11) is 0. The van der Waals surface area contributed by atoms with E-state index in [1.807, 2.05) is 12.3 Å². The van der Waals surface area contributed by atoms with Crippen molar-refractivity contribution in [2.24, 2.45) is 0 Å². The van der Waals surface area contributed by atoms with Crippen molar-refractivity contribution >= 4 is 16.5 Å². The lowest BCUT2D eigenvalue weighted by Crippen LogP contribution is -2.20. The van der Waals surface area contributed by atoms with Gasteiger partial charge in [-0.3, -0.25) is 0 Å². The van der Waals surface area contributed by atoms with E-state index in [9.17, 15) is 5.11 Å². The molecule has 4 heteroatoms. The Morgan fingerprint density at radius 3 is 3.08 bits per heavy atom. The number of hydrogen-bond donors (Lipinski definition) is 1. The standard InChI is InChI=1S/C8H12N2OS/c1-6-5-12-8(9-6)10-3-2-7(11)4-10/h5,7,11H,2-4H2,1H3/t7-/m1/s1. The van der Waals surface area contributed by atoms with Crippen LogP contribution in [0.4, 0.5) is 5.13 Å². The van der Waals surface area contributed by atoms with Gasteiger partial charge in [-0.1, -0.05) is 0 Å². The Morgan fingerprint density at radius 1 is 1.75 bits per heavy atom. The van der Waals surface area contributed by atoms with Crippen molar-refractivity contribution in [2.75, 3.05) is 18.0 Å². The van der Waals surface area contributed by atoms with Crippen LogP contribution in [-0.4, -0.2) is 29.3 Å². The molecule has 0 unspecified atom stereocenters. The van der Waals surface area contributed by atoms with Crippen LogP contribution in [0.2, 0.25) is 0 Å². The molecule has 0 spiro atoms. The third-order valence-electron chi connectivity index (χ3n) is 2.04. The molecule has 3 nitrogen and oxygen atoms in total. The zero-order valence-electron chi connectivity index (χ0n) is 7.03. The maximum Gasteiger partial charge on any atom is 0.185 e. The van der Waals surface area contributed by atoms with Gasteiger partial charge in [0.05, 0.1) is 11.8 Å². The Hall–Kier alpha value is -0.610. The number of aliphatic hydroxyl groups excluding tert-OH is 1. The predicted octanol–water partition coefficient (Wildman–Crippen LogP) is 1.02. The number of aromatic nitrogens is 1. The largest absolute Gasteiger partial charge is 0.391 e. The van der Waals surface area contributed by atoms with E-state index in [0.717, 1.165) is 30.3 Å².